The Morgan fingerprint density at radius 1 is 1.10 bits per heavy atom. The van der Waals surface area contributed by atoms with Crippen LogP contribution in [0.4, 0.5) is 0 Å². The van der Waals surface area contributed by atoms with Crippen LogP contribution < -0.4 is 10.7 Å². The summed E-state index contributed by atoms with van der Waals surface area (Å²) in [6, 6.07) is 15.8. The number of hydrogen-bond acceptors (Lipinski definition) is 3. The molecule has 2 aromatic carbocycles. The summed E-state index contributed by atoms with van der Waals surface area (Å²) in [5.74, 6) is -0.293. The Balaban J connectivity index is 1.34. The fourth-order valence-corrected chi connectivity index (χ4v) is 4.63. The average molecular weight is 388 g/mol. The van der Waals surface area contributed by atoms with Crippen molar-refractivity contribution in [3.63, 3.8) is 0 Å². The first-order valence-electron chi connectivity index (χ1n) is 10.3. The minimum absolute atomic E-state index is 0.0240. The summed E-state index contributed by atoms with van der Waals surface area (Å²) in [5, 5.41) is 3.71. The standard InChI is InChI=1S/C24H24N2O3/c27-23-18-9-4-8-17-12-13-26(22(17)18)14-19(23)24(28)25-20-10-5-11-21(20)29-15-16-6-2-1-3-7-16/h1-4,6-9,14,20-21H,5,10-13,15H2,(H,25,28)/t20-,21-/m1/s1. The van der Waals surface area contributed by atoms with E-state index in [9.17, 15) is 9.59 Å². The Labute approximate surface area is 169 Å². The third kappa shape index (κ3) is 3.36. The molecule has 29 heavy (non-hydrogen) atoms. The van der Waals surface area contributed by atoms with Gasteiger partial charge in [0.25, 0.3) is 5.91 Å². The fraction of sp³-hybridized carbons (Fsp3) is 0.333. The number of ether oxygens (including phenoxy) is 1. The lowest BCUT2D eigenvalue weighted by Gasteiger charge is -2.22. The molecule has 1 fully saturated rings. The monoisotopic (exact) mass is 388 g/mol. The highest BCUT2D eigenvalue weighted by atomic mass is 16.5. The van der Waals surface area contributed by atoms with Crippen molar-refractivity contribution in [2.45, 2.75) is 51.0 Å². The van der Waals surface area contributed by atoms with Crippen molar-refractivity contribution in [3.8, 4) is 0 Å². The van der Waals surface area contributed by atoms with Crippen molar-refractivity contribution in [3.05, 3.63) is 81.6 Å². The maximum absolute atomic E-state index is 13.0. The Bertz CT molecular complexity index is 1120. The van der Waals surface area contributed by atoms with Gasteiger partial charge in [-0.25, -0.2) is 0 Å². The van der Waals surface area contributed by atoms with E-state index in [-0.39, 0.29) is 29.0 Å². The van der Waals surface area contributed by atoms with Crippen molar-refractivity contribution >= 4 is 16.8 Å². The van der Waals surface area contributed by atoms with Gasteiger partial charge in [-0.15, -0.1) is 0 Å². The third-order valence-corrected chi connectivity index (χ3v) is 6.12. The number of nitrogens with one attached hydrogen (secondary N) is 1. The smallest absolute Gasteiger partial charge is 0.257 e. The molecule has 0 bridgehead atoms. The normalized spacial score (nSPS) is 20.3. The molecular formula is C24H24N2O3. The van der Waals surface area contributed by atoms with E-state index >= 15 is 0 Å². The molecule has 5 nitrogen and oxygen atoms in total. The van der Waals surface area contributed by atoms with Crippen molar-refractivity contribution in [2.24, 2.45) is 0 Å². The molecule has 1 N–H and O–H groups in total. The minimum Gasteiger partial charge on any atom is -0.371 e. The summed E-state index contributed by atoms with van der Waals surface area (Å²) in [7, 11) is 0. The molecule has 3 aromatic rings. The van der Waals surface area contributed by atoms with Crippen LogP contribution in [0.15, 0.2) is 59.5 Å². The van der Waals surface area contributed by atoms with E-state index < -0.39 is 0 Å². The first kappa shape index (κ1) is 18.1. The maximum Gasteiger partial charge on any atom is 0.257 e. The van der Waals surface area contributed by atoms with Gasteiger partial charge in [0.15, 0.2) is 0 Å². The number of nitrogens with zero attached hydrogens (tertiary/aromatic N) is 1. The summed E-state index contributed by atoms with van der Waals surface area (Å²) in [6.07, 6.45) is 5.41. The Kier molecular flexibility index (Phi) is 4.68. The lowest BCUT2D eigenvalue weighted by molar-refractivity contribution is 0.0272. The van der Waals surface area contributed by atoms with Crippen molar-refractivity contribution in [2.75, 3.05) is 0 Å². The van der Waals surface area contributed by atoms with Crippen LogP contribution >= 0.6 is 0 Å². The summed E-state index contributed by atoms with van der Waals surface area (Å²) < 4.78 is 8.13. The number of para-hydroxylation sites is 1. The van der Waals surface area contributed by atoms with Crippen LogP contribution in [0.5, 0.6) is 0 Å². The molecule has 2 aliphatic rings. The minimum atomic E-state index is -0.293. The van der Waals surface area contributed by atoms with Gasteiger partial charge < -0.3 is 14.6 Å². The molecule has 1 aliphatic heterocycles. The molecule has 1 aromatic heterocycles. The Morgan fingerprint density at radius 2 is 1.97 bits per heavy atom. The number of carbonyl (C=O) groups is 1. The zero-order valence-corrected chi connectivity index (χ0v) is 16.3. The Morgan fingerprint density at radius 3 is 2.83 bits per heavy atom. The topological polar surface area (TPSA) is 60.3 Å². The fourth-order valence-electron chi connectivity index (χ4n) is 4.63. The predicted octanol–water partition coefficient (Wildman–Crippen LogP) is 3.43. The zero-order chi connectivity index (χ0) is 19.8. The number of aryl methyl sites for hydroxylation is 2. The van der Waals surface area contributed by atoms with Gasteiger partial charge in [-0.2, -0.15) is 0 Å². The number of aromatic nitrogens is 1. The average Bonchev–Trinajstić information content (AvgIpc) is 3.37. The molecule has 0 saturated heterocycles. The van der Waals surface area contributed by atoms with Gasteiger partial charge in [0.1, 0.15) is 5.56 Å². The van der Waals surface area contributed by atoms with E-state index in [4.69, 9.17) is 4.74 Å². The molecule has 1 aliphatic carbocycles. The molecule has 5 rings (SSSR count). The third-order valence-electron chi connectivity index (χ3n) is 6.12. The highest BCUT2D eigenvalue weighted by Crippen LogP contribution is 2.25. The number of carbonyl (C=O) groups excluding carboxylic acids is 1. The second kappa shape index (κ2) is 7.48. The lowest BCUT2D eigenvalue weighted by Crippen LogP contribution is -2.42. The first-order chi connectivity index (χ1) is 14.2. The van der Waals surface area contributed by atoms with Crippen LogP contribution in [-0.4, -0.2) is 22.6 Å². The maximum atomic E-state index is 13.0. The molecule has 1 amide bonds. The molecule has 0 radical (unpaired) electrons. The SMILES string of the molecule is O=C(N[C@@H]1CCC[C@H]1OCc1ccccc1)c1cn2c3c(cccc3c1=O)CC2. The molecule has 0 unspecified atom stereocenters. The largest absolute Gasteiger partial charge is 0.371 e. The van der Waals surface area contributed by atoms with Gasteiger partial charge in [-0.1, -0.05) is 42.5 Å². The van der Waals surface area contributed by atoms with E-state index in [1.807, 2.05) is 47.0 Å². The lowest BCUT2D eigenvalue weighted by atomic mass is 10.1. The summed E-state index contributed by atoms with van der Waals surface area (Å²) >= 11 is 0. The van der Waals surface area contributed by atoms with E-state index in [0.717, 1.165) is 43.3 Å². The van der Waals surface area contributed by atoms with Crippen LogP contribution in [0.3, 0.4) is 0 Å². The molecule has 2 heterocycles. The number of amides is 1. The quantitative estimate of drug-likeness (QED) is 0.729. The van der Waals surface area contributed by atoms with Gasteiger partial charge in [0, 0.05) is 18.1 Å². The van der Waals surface area contributed by atoms with Crippen molar-refractivity contribution in [1.29, 1.82) is 0 Å². The molecule has 0 spiro atoms. The number of hydrogen-bond donors (Lipinski definition) is 1. The zero-order valence-electron chi connectivity index (χ0n) is 16.3. The van der Waals surface area contributed by atoms with E-state index in [1.54, 1.807) is 6.20 Å². The number of benzene rings is 2. The van der Waals surface area contributed by atoms with Gasteiger partial charge in [-0.3, -0.25) is 9.59 Å². The molecular weight excluding hydrogens is 364 g/mol. The Hall–Kier alpha value is -2.92. The van der Waals surface area contributed by atoms with Gasteiger partial charge >= 0.3 is 0 Å². The predicted molar refractivity (Wildman–Crippen MR) is 112 cm³/mol. The molecule has 2 atom stereocenters. The second-order valence-corrected chi connectivity index (χ2v) is 7.97. The summed E-state index contributed by atoms with van der Waals surface area (Å²) in [6.45, 7) is 1.34. The van der Waals surface area contributed by atoms with E-state index in [2.05, 4.69) is 11.4 Å². The molecule has 1 saturated carbocycles. The number of pyridine rings is 1. The van der Waals surface area contributed by atoms with Crippen LogP contribution in [0.2, 0.25) is 0 Å². The number of rotatable bonds is 5. The summed E-state index contributed by atoms with van der Waals surface area (Å²) in [5.41, 5.74) is 3.31. The van der Waals surface area contributed by atoms with Gasteiger partial charge in [-0.05, 0) is 42.9 Å². The first-order valence-corrected chi connectivity index (χ1v) is 10.3. The molecule has 5 heteroatoms. The summed E-state index contributed by atoms with van der Waals surface area (Å²) in [4.78, 5) is 26.0. The van der Waals surface area contributed by atoms with Crippen LogP contribution in [0, 0.1) is 0 Å². The second-order valence-electron chi connectivity index (χ2n) is 7.97. The van der Waals surface area contributed by atoms with E-state index in [0.29, 0.717) is 12.0 Å². The van der Waals surface area contributed by atoms with E-state index in [1.165, 1.54) is 5.56 Å². The highest BCUT2D eigenvalue weighted by molar-refractivity contribution is 5.98. The van der Waals surface area contributed by atoms with Gasteiger partial charge in [0.2, 0.25) is 5.43 Å². The molecule has 148 valence electrons. The van der Waals surface area contributed by atoms with Crippen molar-refractivity contribution < 1.29 is 9.53 Å². The van der Waals surface area contributed by atoms with Crippen LogP contribution in [0.25, 0.3) is 10.9 Å². The highest BCUT2D eigenvalue weighted by Gasteiger charge is 2.30. The van der Waals surface area contributed by atoms with Crippen LogP contribution in [0.1, 0.15) is 40.7 Å². The van der Waals surface area contributed by atoms with Crippen LogP contribution in [-0.2, 0) is 24.3 Å². The van der Waals surface area contributed by atoms with Gasteiger partial charge in [0.05, 0.1) is 24.3 Å². The van der Waals surface area contributed by atoms with Crippen molar-refractivity contribution in [1.82, 2.24) is 9.88 Å².